The Morgan fingerprint density at radius 1 is 1.36 bits per heavy atom. The van der Waals surface area contributed by atoms with Gasteiger partial charge in [-0.05, 0) is 25.0 Å². The van der Waals surface area contributed by atoms with Gasteiger partial charge in [-0.3, -0.25) is 0 Å². The molecule has 1 aromatic carbocycles. The highest BCUT2D eigenvalue weighted by atomic mass is 14.0. The summed E-state index contributed by atoms with van der Waals surface area (Å²) in [4.78, 5) is 0. The number of allylic oxidation sites excluding steroid dienone is 5. The Balaban J connectivity index is 3.02. The van der Waals surface area contributed by atoms with Crippen molar-refractivity contribution in [1.82, 2.24) is 0 Å². The van der Waals surface area contributed by atoms with Crippen LogP contribution < -0.4 is 0 Å². The number of benzene rings is 1. The van der Waals surface area contributed by atoms with Crippen molar-refractivity contribution in [3.05, 3.63) is 66.3 Å². The second kappa shape index (κ2) is 5.23. The Hall–Kier alpha value is -1.56. The van der Waals surface area contributed by atoms with E-state index in [0.717, 1.165) is 0 Å². The first kappa shape index (κ1) is 10.5. The molecule has 0 unspecified atom stereocenters. The molecule has 0 nitrogen and oxygen atoms in total. The van der Waals surface area contributed by atoms with Crippen LogP contribution in [0, 0.1) is 6.92 Å². The smallest absolute Gasteiger partial charge is 0.0185 e. The fourth-order valence-electron chi connectivity index (χ4n) is 1.36. The van der Waals surface area contributed by atoms with Gasteiger partial charge in [0, 0.05) is 0 Å². The number of aryl methyl sites for hydroxylation is 1. The zero-order valence-corrected chi connectivity index (χ0v) is 8.83. The molecule has 0 amide bonds. The minimum atomic E-state index is 1.23. The third-order valence-electron chi connectivity index (χ3n) is 2.07. The number of rotatable bonds is 3. The third kappa shape index (κ3) is 2.74. The van der Waals surface area contributed by atoms with E-state index in [1.54, 1.807) is 6.08 Å². The summed E-state index contributed by atoms with van der Waals surface area (Å²) in [7, 11) is 0. The summed E-state index contributed by atoms with van der Waals surface area (Å²) in [6, 6.07) is 8.49. The van der Waals surface area contributed by atoms with Gasteiger partial charge in [-0.1, -0.05) is 60.7 Å². The van der Waals surface area contributed by atoms with E-state index >= 15 is 0 Å². The van der Waals surface area contributed by atoms with E-state index in [2.05, 4.69) is 49.9 Å². The maximum atomic E-state index is 3.66. The Labute approximate surface area is 86.3 Å². The van der Waals surface area contributed by atoms with Crippen molar-refractivity contribution < 1.29 is 0 Å². The zero-order chi connectivity index (χ0) is 10.4. The van der Waals surface area contributed by atoms with E-state index in [1.807, 2.05) is 13.0 Å². The van der Waals surface area contributed by atoms with Crippen LogP contribution in [0.15, 0.2) is 55.1 Å². The van der Waals surface area contributed by atoms with Crippen molar-refractivity contribution in [3.8, 4) is 0 Å². The molecule has 0 heterocycles. The number of hydrogen-bond acceptors (Lipinski definition) is 0. The van der Waals surface area contributed by atoms with E-state index in [-0.39, 0.29) is 0 Å². The van der Waals surface area contributed by atoms with Gasteiger partial charge in [-0.2, -0.15) is 0 Å². The standard InChI is InChI=1S/C14H16/c1-4-6-9-13(5-2)14-10-7-8-12(3)11-14/h4-11H,1H2,2-3H3/b9-6-,13-5+. The van der Waals surface area contributed by atoms with Crippen LogP contribution >= 0.6 is 0 Å². The summed E-state index contributed by atoms with van der Waals surface area (Å²) in [5.74, 6) is 0. The highest BCUT2D eigenvalue weighted by Gasteiger charge is 1.95. The molecule has 0 radical (unpaired) electrons. The first-order valence-corrected chi connectivity index (χ1v) is 4.80. The molecule has 1 aromatic rings. The molecule has 0 saturated heterocycles. The second-order valence-electron chi connectivity index (χ2n) is 3.21. The Kier molecular flexibility index (Phi) is 3.93. The van der Waals surface area contributed by atoms with Crippen LogP contribution in [0.5, 0.6) is 0 Å². The van der Waals surface area contributed by atoms with Gasteiger partial charge in [0.05, 0.1) is 0 Å². The van der Waals surface area contributed by atoms with Gasteiger partial charge in [0.15, 0.2) is 0 Å². The molecule has 0 N–H and O–H groups in total. The SMILES string of the molecule is C=C/C=C\C(=C/C)c1cccc(C)c1. The zero-order valence-electron chi connectivity index (χ0n) is 8.83. The molecule has 0 aliphatic rings. The summed E-state index contributed by atoms with van der Waals surface area (Å²) < 4.78 is 0. The molecule has 0 aromatic heterocycles. The molecule has 0 saturated carbocycles. The molecular weight excluding hydrogens is 168 g/mol. The van der Waals surface area contributed by atoms with E-state index in [0.29, 0.717) is 0 Å². The lowest BCUT2D eigenvalue weighted by Crippen LogP contribution is -1.81. The third-order valence-corrected chi connectivity index (χ3v) is 2.07. The quantitative estimate of drug-likeness (QED) is 0.619. The van der Waals surface area contributed by atoms with E-state index in [1.165, 1.54) is 16.7 Å². The molecule has 72 valence electrons. The highest BCUT2D eigenvalue weighted by molar-refractivity contribution is 5.74. The summed E-state index contributed by atoms with van der Waals surface area (Å²) >= 11 is 0. The molecule has 0 atom stereocenters. The van der Waals surface area contributed by atoms with Gasteiger partial charge in [0.25, 0.3) is 0 Å². The Morgan fingerprint density at radius 2 is 2.14 bits per heavy atom. The van der Waals surface area contributed by atoms with Crippen LogP contribution in [-0.2, 0) is 0 Å². The molecule has 0 bridgehead atoms. The number of hydrogen-bond donors (Lipinski definition) is 0. The lowest BCUT2D eigenvalue weighted by Gasteiger charge is -2.02. The van der Waals surface area contributed by atoms with Crippen molar-refractivity contribution in [2.75, 3.05) is 0 Å². The van der Waals surface area contributed by atoms with E-state index < -0.39 is 0 Å². The van der Waals surface area contributed by atoms with E-state index in [4.69, 9.17) is 0 Å². The van der Waals surface area contributed by atoms with Crippen molar-refractivity contribution in [2.24, 2.45) is 0 Å². The lowest BCUT2D eigenvalue weighted by atomic mass is 10.0. The summed E-state index contributed by atoms with van der Waals surface area (Å²) in [6.07, 6.45) is 7.92. The fraction of sp³-hybridized carbons (Fsp3) is 0.143. The predicted molar refractivity (Wildman–Crippen MR) is 64.2 cm³/mol. The van der Waals surface area contributed by atoms with Crippen LogP contribution in [0.1, 0.15) is 18.1 Å². The fourth-order valence-corrected chi connectivity index (χ4v) is 1.36. The summed E-state index contributed by atoms with van der Waals surface area (Å²) in [5, 5.41) is 0. The molecule has 0 aliphatic carbocycles. The van der Waals surface area contributed by atoms with Crippen LogP contribution in [0.25, 0.3) is 5.57 Å². The minimum Gasteiger partial charge on any atom is -0.0991 e. The first-order chi connectivity index (χ1) is 6.77. The predicted octanol–water partition coefficient (Wildman–Crippen LogP) is 4.14. The molecular formula is C14H16. The average Bonchev–Trinajstić information content (AvgIpc) is 2.19. The molecule has 0 aliphatic heterocycles. The van der Waals surface area contributed by atoms with E-state index in [9.17, 15) is 0 Å². The molecule has 0 fully saturated rings. The van der Waals surface area contributed by atoms with Crippen LogP contribution in [0.3, 0.4) is 0 Å². The molecule has 1 rings (SSSR count). The van der Waals surface area contributed by atoms with Crippen molar-refractivity contribution in [1.29, 1.82) is 0 Å². The topological polar surface area (TPSA) is 0 Å². The van der Waals surface area contributed by atoms with Gasteiger partial charge in [-0.25, -0.2) is 0 Å². The van der Waals surface area contributed by atoms with Crippen LogP contribution in [-0.4, -0.2) is 0 Å². The van der Waals surface area contributed by atoms with Crippen LogP contribution in [0.4, 0.5) is 0 Å². The summed E-state index contributed by atoms with van der Waals surface area (Å²) in [6.45, 7) is 7.82. The first-order valence-electron chi connectivity index (χ1n) is 4.80. The van der Waals surface area contributed by atoms with Crippen molar-refractivity contribution >= 4 is 5.57 Å². The second-order valence-corrected chi connectivity index (χ2v) is 3.21. The molecule has 0 heteroatoms. The maximum Gasteiger partial charge on any atom is -0.0185 e. The molecule has 14 heavy (non-hydrogen) atoms. The average molecular weight is 184 g/mol. The van der Waals surface area contributed by atoms with Gasteiger partial charge < -0.3 is 0 Å². The largest absolute Gasteiger partial charge is 0.0991 e. The Bertz CT molecular complexity index is 367. The Morgan fingerprint density at radius 3 is 2.71 bits per heavy atom. The molecule has 0 spiro atoms. The van der Waals surface area contributed by atoms with Crippen LogP contribution in [0.2, 0.25) is 0 Å². The van der Waals surface area contributed by atoms with Gasteiger partial charge in [0.2, 0.25) is 0 Å². The van der Waals surface area contributed by atoms with Gasteiger partial charge >= 0.3 is 0 Å². The minimum absolute atomic E-state index is 1.23. The van der Waals surface area contributed by atoms with Crippen molar-refractivity contribution in [2.45, 2.75) is 13.8 Å². The lowest BCUT2D eigenvalue weighted by molar-refractivity contribution is 1.45. The highest BCUT2D eigenvalue weighted by Crippen LogP contribution is 2.16. The van der Waals surface area contributed by atoms with Gasteiger partial charge in [0.1, 0.15) is 0 Å². The summed E-state index contributed by atoms with van der Waals surface area (Å²) in [5.41, 5.74) is 3.77. The van der Waals surface area contributed by atoms with Gasteiger partial charge in [-0.15, -0.1) is 0 Å². The normalized spacial score (nSPS) is 12.0. The maximum absolute atomic E-state index is 3.66. The van der Waals surface area contributed by atoms with Crippen molar-refractivity contribution in [3.63, 3.8) is 0 Å². The monoisotopic (exact) mass is 184 g/mol.